The smallest absolute Gasteiger partial charge is 0.174 e. The van der Waals surface area contributed by atoms with Crippen molar-refractivity contribution in [2.75, 3.05) is 7.11 Å². The highest BCUT2D eigenvalue weighted by atomic mass is 16.5. The molecule has 0 N–H and O–H groups in total. The summed E-state index contributed by atoms with van der Waals surface area (Å²) >= 11 is 0. The second-order valence-electron chi connectivity index (χ2n) is 8.41. The Kier molecular flexibility index (Phi) is 5.42. The molecule has 2 aliphatic rings. The van der Waals surface area contributed by atoms with Crippen molar-refractivity contribution in [1.29, 1.82) is 0 Å². The van der Waals surface area contributed by atoms with Gasteiger partial charge < -0.3 is 14.2 Å². The summed E-state index contributed by atoms with van der Waals surface area (Å²) in [5, 5.41) is 0. The van der Waals surface area contributed by atoms with E-state index in [1.807, 2.05) is 42.5 Å². The van der Waals surface area contributed by atoms with Crippen LogP contribution in [0.1, 0.15) is 67.6 Å². The molecule has 0 spiro atoms. The topological polar surface area (TPSA) is 44.8 Å². The summed E-state index contributed by atoms with van der Waals surface area (Å²) in [4.78, 5) is 13.0. The van der Waals surface area contributed by atoms with Crippen LogP contribution in [0, 0.1) is 0 Å². The van der Waals surface area contributed by atoms with Crippen LogP contribution in [0.3, 0.4) is 0 Å². The highest BCUT2D eigenvalue weighted by molar-refractivity contribution is 6.04. The van der Waals surface area contributed by atoms with E-state index < -0.39 is 5.60 Å². The molecule has 2 heterocycles. The van der Waals surface area contributed by atoms with Crippen LogP contribution in [-0.2, 0) is 0 Å². The predicted molar refractivity (Wildman–Crippen MR) is 118 cm³/mol. The molecule has 1 unspecified atom stereocenters. The summed E-state index contributed by atoms with van der Waals surface area (Å²) in [5.74, 6) is 1.77. The lowest BCUT2D eigenvalue weighted by atomic mass is 9.90. The molecule has 0 bridgehead atoms. The average molecular weight is 405 g/mol. The van der Waals surface area contributed by atoms with Crippen molar-refractivity contribution in [1.82, 2.24) is 0 Å². The first kappa shape index (κ1) is 20.3. The monoisotopic (exact) mass is 404 g/mol. The van der Waals surface area contributed by atoms with E-state index in [1.165, 1.54) is 5.57 Å². The van der Waals surface area contributed by atoms with Crippen molar-refractivity contribution in [3.05, 3.63) is 70.8 Å². The first-order chi connectivity index (χ1) is 14.4. The van der Waals surface area contributed by atoms with Gasteiger partial charge in [0.15, 0.2) is 5.78 Å². The maximum absolute atomic E-state index is 13.0. The molecule has 2 aliphatic heterocycles. The summed E-state index contributed by atoms with van der Waals surface area (Å²) in [7, 11) is 1.57. The molecular formula is C26H28O4. The van der Waals surface area contributed by atoms with Crippen LogP contribution in [0.15, 0.2) is 54.1 Å². The molecule has 30 heavy (non-hydrogen) atoms. The van der Waals surface area contributed by atoms with E-state index >= 15 is 0 Å². The van der Waals surface area contributed by atoms with Crippen molar-refractivity contribution in [2.24, 2.45) is 0 Å². The number of ketones is 1. The second-order valence-corrected chi connectivity index (χ2v) is 8.41. The SMILES string of the molecule is COc1cc2c(c3c1C(=O)C[C@H](c1ccccc1)O3)C=CC(C)(CCC=C(C)C)O2. The maximum Gasteiger partial charge on any atom is 0.174 e. The number of allylic oxidation sites excluding steroid dienone is 2. The molecule has 0 fully saturated rings. The van der Waals surface area contributed by atoms with E-state index in [9.17, 15) is 4.79 Å². The van der Waals surface area contributed by atoms with Gasteiger partial charge in [-0.2, -0.15) is 0 Å². The molecule has 2 aromatic rings. The molecule has 2 atom stereocenters. The zero-order chi connectivity index (χ0) is 21.3. The Hall–Kier alpha value is -3.01. The first-order valence-corrected chi connectivity index (χ1v) is 10.4. The van der Waals surface area contributed by atoms with Crippen LogP contribution in [0.2, 0.25) is 0 Å². The van der Waals surface area contributed by atoms with E-state index in [4.69, 9.17) is 14.2 Å². The van der Waals surface area contributed by atoms with Gasteiger partial charge in [0.2, 0.25) is 0 Å². The van der Waals surface area contributed by atoms with Crippen LogP contribution in [0.25, 0.3) is 6.08 Å². The standard InChI is InChI=1S/C26H28O4/c1-17(2)9-8-13-26(3)14-12-19-22(30-26)16-23(28-4)24-20(27)15-21(29-25(19)24)18-10-6-5-7-11-18/h5-7,9-12,14,16,21H,8,13,15H2,1-4H3/t21-,26?/m1/s1. The van der Waals surface area contributed by atoms with E-state index in [1.54, 1.807) is 7.11 Å². The Balaban J connectivity index is 1.71. The van der Waals surface area contributed by atoms with Crippen molar-refractivity contribution in [3.8, 4) is 17.2 Å². The quantitative estimate of drug-likeness (QED) is 0.548. The molecule has 4 nitrogen and oxygen atoms in total. The highest BCUT2D eigenvalue weighted by Gasteiger charge is 2.36. The molecule has 156 valence electrons. The van der Waals surface area contributed by atoms with Crippen LogP contribution >= 0.6 is 0 Å². The number of fused-ring (bicyclic) bond motifs is 3. The molecular weight excluding hydrogens is 376 g/mol. The van der Waals surface area contributed by atoms with Gasteiger partial charge in [0.25, 0.3) is 0 Å². The lowest BCUT2D eigenvalue weighted by molar-refractivity contribution is 0.0838. The number of ether oxygens (including phenoxy) is 3. The Bertz CT molecular complexity index is 1020. The van der Waals surface area contributed by atoms with Crippen LogP contribution in [-0.4, -0.2) is 18.5 Å². The van der Waals surface area contributed by atoms with Crippen LogP contribution in [0.5, 0.6) is 17.2 Å². The zero-order valence-corrected chi connectivity index (χ0v) is 18.0. The molecule has 4 rings (SSSR count). The largest absolute Gasteiger partial charge is 0.496 e. The number of Topliss-reactive ketones (excluding diaryl/α,β-unsaturated/α-hetero) is 1. The lowest BCUT2D eigenvalue weighted by Crippen LogP contribution is -2.32. The number of hydrogen-bond donors (Lipinski definition) is 0. The zero-order valence-electron chi connectivity index (χ0n) is 18.0. The van der Waals surface area contributed by atoms with E-state index in [0.717, 1.165) is 24.0 Å². The summed E-state index contributed by atoms with van der Waals surface area (Å²) in [5.41, 5.74) is 3.17. The Labute approximate surface area is 178 Å². The second kappa shape index (κ2) is 8.02. The molecule has 2 aromatic carbocycles. The Morgan fingerprint density at radius 2 is 2.03 bits per heavy atom. The summed E-state index contributed by atoms with van der Waals surface area (Å²) < 4.78 is 18.3. The Morgan fingerprint density at radius 3 is 2.73 bits per heavy atom. The minimum absolute atomic E-state index is 0.0232. The maximum atomic E-state index is 13.0. The number of hydrogen-bond acceptors (Lipinski definition) is 4. The normalized spacial score (nSPS) is 21.7. The molecule has 0 saturated heterocycles. The third kappa shape index (κ3) is 3.87. The molecule has 0 saturated carbocycles. The highest BCUT2D eigenvalue weighted by Crippen LogP contribution is 2.49. The number of methoxy groups -OCH3 is 1. The number of carbonyl (C=O) groups excluding carboxylic acids is 1. The predicted octanol–water partition coefficient (Wildman–Crippen LogP) is 6.31. The molecule has 0 radical (unpaired) electrons. The van der Waals surface area contributed by atoms with Crippen molar-refractivity contribution in [2.45, 2.75) is 51.7 Å². The number of rotatable bonds is 5. The van der Waals surface area contributed by atoms with Gasteiger partial charge in [-0.25, -0.2) is 0 Å². The van der Waals surface area contributed by atoms with Gasteiger partial charge in [0.05, 0.1) is 19.1 Å². The van der Waals surface area contributed by atoms with Gasteiger partial charge in [-0.15, -0.1) is 0 Å². The van der Waals surface area contributed by atoms with Gasteiger partial charge in [0, 0.05) is 6.07 Å². The van der Waals surface area contributed by atoms with Crippen molar-refractivity contribution in [3.63, 3.8) is 0 Å². The average Bonchev–Trinajstić information content (AvgIpc) is 2.72. The number of carbonyl (C=O) groups is 1. The minimum atomic E-state index is -0.421. The van der Waals surface area contributed by atoms with Gasteiger partial charge in [-0.3, -0.25) is 4.79 Å². The summed E-state index contributed by atoms with van der Waals surface area (Å²) in [6.45, 7) is 6.28. The van der Waals surface area contributed by atoms with E-state index in [0.29, 0.717) is 22.8 Å². The fraction of sp³-hybridized carbons (Fsp3) is 0.346. The summed E-state index contributed by atoms with van der Waals surface area (Å²) in [6, 6.07) is 11.7. The third-order valence-electron chi connectivity index (χ3n) is 5.69. The van der Waals surface area contributed by atoms with E-state index in [2.05, 4.69) is 32.9 Å². The molecule has 4 heteroatoms. The fourth-order valence-corrected chi connectivity index (χ4v) is 4.05. The Morgan fingerprint density at radius 1 is 1.27 bits per heavy atom. The van der Waals surface area contributed by atoms with Crippen molar-refractivity contribution < 1.29 is 19.0 Å². The third-order valence-corrected chi connectivity index (χ3v) is 5.69. The van der Waals surface area contributed by atoms with Gasteiger partial charge in [0.1, 0.15) is 34.5 Å². The lowest BCUT2D eigenvalue weighted by Gasteiger charge is -2.35. The van der Waals surface area contributed by atoms with E-state index in [-0.39, 0.29) is 18.3 Å². The van der Waals surface area contributed by atoms with Crippen LogP contribution in [0.4, 0.5) is 0 Å². The summed E-state index contributed by atoms with van der Waals surface area (Å²) in [6.07, 6.45) is 8.09. The van der Waals surface area contributed by atoms with Crippen molar-refractivity contribution >= 4 is 11.9 Å². The molecule has 0 aromatic heterocycles. The van der Waals surface area contributed by atoms with Gasteiger partial charge in [-0.05, 0) is 51.3 Å². The first-order valence-electron chi connectivity index (χ1n) is 10.4. The molecule has 0 aliphatic carbocycles. The molecule has 0 amide bonds. The minimum Gasteiger partial charge on any atom is -0.496 e. The number of benzene rings is 2. The van der Waals surface area contributed by atoms with Gasteiger partial charge >= 0.3 is 0 Å². The fourth-order valence-electron chi connectivity index (χ4n) is 4.05. The van der Waals surface area contributed by atoms with Gasteiger partial charge in [-0.1, -0.05) is 42.0 Å². The van der Waals surface area contributed by atoms with Crippen LogP contribution < -0.4 is 14.2 Å².